The van der Waals surface area contributed by atoms with Crippen LogP contribution in [0.1, 0.15) is 76.3 Å². The third-order valence-electron chi connectivity index (χ3n) is 9.99. The predicted octanol–water partition coefficient (Wildman–Crippen LogP) is 5.26. The van der Waals surface area contributed by atoms with Crippen molar-refractivity contribution in [1.82, 2.24) is 10.2 Å². The third-order valence-corrected chi connectivity index (χ3v) is 11.1. The number of ether oxygens (including phenoxy) is 1. The van der Waals surface area contributed by atoms with Crippen LogP contribution < -0.4 is 14.4 Å². The van der Waals surface area contributed by atoms with Crippen LogP contribution in [0.4, 0.5) is 5.69 Å². The van der Waals surface area contributed by atoms with E-state index in [1.165, 1.54) is 53.3 Å². The summed E-state index contributed by atoms with van der Waals surface area (Å²) in [4.78, 5) is 28.4. The minimum atomic E-state index is -3.78. The zero-order valence-electron chi connectivity index (χ0n) is 26.1. The Balaban J connectivity index is 1.36. The number of sulfonamides is 1. The van der Waals surface area contributed by atoms with Crippen LogP contribution in [0.3, 0.4) is 0 Å². The second-order valence-corrected chi connectivity index (χ2v) is 15.1. The maximum Gasteiger partial charge on any atom is 0.244 e. The molecule has 6 rings (SSSR count). The molecule has 0 aromatic heterocycles. The van der Waals surface area contributed by atoms with Crippen molar-refractivity contribution in [3.05, 3.63) is 59.7 Å². The van der Waals surface area contributed by atoms with E-state index >= 15 is 0 Å². The second kappa shape index (κ2) is 12.9. The summed E-state index contributed by atoms with van der Waals surface area (Å²) < 4.78 is 32.6. The van der Waals surface area contributed by atoms with Gasteiger partial charge < -0.3 is 15.0 Å². The molecule has 2 amide bonds. The summed E-state index contributed by atoms with van der Waals surface area (Å²) in [6.45, 7) is 4.03. The molecule has 8 nitrogen and oxygen atoms in total. The predicted molar refractivity (Wildman–Crippen MR) is 169 cm³/mol. The van der Waals surface area contributed by atoms with Crippen molar-refractivity contribution < 1.29 is 22.7 Å². The molecule has 4 fully saturated rings. The Bertz CT molecular complexity index is 1350. The first-order valence-electron chi connectivity index (χ1n) is 15.8. The van der Waals surface area contributed by atoms with Gasteiger partial charge >= 0.3 is 0 Å². The maximum atomic E-state index is 13.9. The lowest BCUT2D eigenvalue weighted by atomic mass is 9.48. The number of hydrogen-bond donors (Lipinski definition) is 1. The molecule has 1 N–H and O–H groups in total. The Hall–Kier alpha value is -3.07. The zero-order chi connectivity index (χ0) is 30.8. The molecule has 4 aliphatic rings. The van der Waals surface area contributed by atoms with Crippen molar-refractivity contribution in [3.8, 4) is 5.75 Å². The van der Waals surface area contributed by atoms with Gasteiger partial charge in [-0.25, -0.2) is 8.42 Å². The molecule has 2 aromatic carbocycles. The molecule has 2 aromatic rings. The molecule has 43 heavy (non-hydrogen) atoms. The highest BCUT2D eigenvalue weighted by atomic mass is 32.2. The lowest BCUT2D eigenvalue weighted by Gasteiger charge is -2.57. The number of methoxy groups -OCH3 is 1. The molecule has 0 spiro atoms. The van der Waals surface area contributed by atoms with E-state index < -0.39 is 28.5 Å². The molecule has 9 heteroatoms. The highest BCUT2D eigenvalue weighted by Crippen LogP contribution is 2.60. The summed E-state index contributed by atoms with van der Waals surface area (Å²) in [5.74, 6) is 2.43. The molecule has 4 saturated carbocycles. The minimum absolute atomic E-state index is 0.160. The lowest BCUT2D eigenvalue weighted by Crippen LogP contribution is -2.51. The number of benzene rings is 2. The normalized spacial score (nSPS) is 24.8. The maximum absolute atomic E-state index is 13.9. The second-order valence-electron chi connectivity index (χ2n) is 13.2. The van der Waals surface area contributed by atoms with Gasteiger partial charge in [0.2, 0.25) is 21.8 Å². The molecule has 0 unspecified atom stereocenters. The van der Waals surface area contributed by atoms with E-state index in [2.05, 4.69) is 17.4 Å². The van der Waals surface area contributed by atoms with E-state index in [4.69, 9.17) is 4.74 Å². The average Bonchev–Trinajstić information content (AvgIpc) is 2.97. The van der Waals surface area contributed by atoms with E-state index in [0.717, 1.165) is 42.4 Å². The van der Waals surface area contributed by atoms with Crippen molar-refractivity contribution in [2.75, 3.05) is 30.8 Å². The van der Waals surface area contributed by atoms with Crippen LogP contribution in [-0.4, -0.2) is 57.6 Å². The topological polar surface area (TPSA) is 96.0 Å². The van der Waals surface area contributed by atoms with Crippen LogP contribution in [0, 0.1) is 17.8 Å². The Labute approximate surface area is 257 Å². The summed E-state index contributed by atoms with van der Waals surface area (Å²) in [7, 11) is -2.19. The summed E-state index contributed by atoms with van der Waals surface area (Å²) >= 11 is 0. The standard InChI is InChI=1S/C34H47N3O5S/c1-5-6-15-35-33(39)24(2)36(22-25-7-13-31(42-3)14-8-25)32(38)23-37(43(4,40)41)30-11-9-29(10-12-30)34-19-26-16-27(20-34)18-28(17-26)21-34/h7-14,24,26-28H,5-6,15-23H2,1-4H3,(H,35,39)/t24-,26?,27?,28?,34?/m1/s1. The van der Waals surface area contributed by atoms with Crippen LogP contribution >= 0.6 is 0 Å². The van der Waals surface area contributed by atoms with Crippen LogP contribution in [0.25, 0.3) is 0 Å². The van der Waals surface area contributed by atoms with Crippen molar-refractivity contribution in [2.24, 2.45) is 17.8 Å². The molecule has 1 atom stereocenters. The minimum Gasteiger partial charge on any atom is -0.497 e. The van der Waals surface area contributed by atoms with Gasteiger partial charge in [-0.05, 0) is 110 Å². The highest BCUT2D eigenvalue weighted by Gasteiger charge is 2.51. The fourth-order valence-corrected chi connectivity index (χ4v) is 8.96. The summed E-state index contributed by atoms with van der Waals surface area (Å²) in [6.07, 6.45) is 10.7. The van der Waals surface area contributed by atoms with Crippen molar-refractivity contribution in [2.45, 2.75) is 83.2 Å². The number of carbonyl (C=O) groups excluding carboxylic acids is 2. The summed E-state index contributed by atoms with van der Waals surface area (Å²) in [6, 6.07) is 14.4. The van der Waals surface area contributed by atoms with Crippen molar-refractivity contribution >= 4 is 27.5 Å². The molecule has 0 saturated heterocycles. The first-order valence-corrected chi connectivity index (χ1v) is 17.6. The fraction of sp³-hybridized carbons (Fsp3) is 0.588. The SMILES string of the molecule is CCCCNC(=O)[C@@H](C)N(Cc1ccc(OC)cc1)C(=O)CN(c1ccc(C23CC4CC(CC(C4)C2)C3)cc1)S(C)(=O)=O. The van der Waals surface area contributed by atoms with Gasteiger partial charge in [-0.3, -0.25) is 13.9 Å². The van der Waals surface area contributed by atoms with Gasteiger partial charge in [0.25, 0.3) is 0 Å². The van der Waals surface area contributed by atoms with Gasteiger partial charge in [-0.15, -0.1) is 0 Å². The number of unbranched alkanes of at least 4 members (excludes halogenated alkanes) is 1. The number of rotatable bonds is 13. The molecule has 4 bridgehead atoms. The van der Waals surface area contributed by atoms with E-state index in [9.17, 15) is 18.0 Å². The molecule has 234 valence electrons. The van der Waals surface area contributed by atoms with Gasteiger partial charge in [-0.2, -0.15) is 0 Å². The largest absolute Gasteiger partial charge is 0.497 e. The molecule has 0 radical (unpaired) electrons. The van der Waals surface area contributed by atoms with Gasteiger partial charge in [0, 0.05) is 13.1 Å². The van der Waals surface area contributed by atoms with Crippen molar-refractivity contribution in [1.29, 1.82) is 0 Å². The summed E-state index contributed by atoms with van der Waals surface area (Å²) in [5.41, 5.74) is 2.78. The van der Waals surface area contributed by atoms with Gasteiger partial charge in [0.05, 0.1) is 19.1 Å². The molecular weight excluding hydrogens is 562 g/mol. The first kappa shape index (κ1) is 31.4. The van der Waals surface area contributed by atoms with E-state index in [0.29, 0.717) is 18.0 Å². The number of carbonyl (C=O) groups is 2. The van der Waals surface area contributed by atoms with Crippen LogP contribution in [0.15, 0.2) is 48.5 Å². The Kier molecular flexibility index (Phi) is 9.40. The zero-order valence-corrected chi connectivity index (χ0v) is 26.9. The Morgan fingerprint density at radius 1 is 0.977 bits per heavy atom. The molecular formula is C34H47N3O5S. The van der Waals surface area contributed by atoms with Gasteiger partial charge in [-0.1, -0.05) is 37.6 Å². The Morgan fingerprint density at radius 3 is 2.07 bits per heavy atom. The molecule has 4 aliphatic carbocycles. The molecule has 0 heterocycles. The lowest BCUT2D eigenvalue weighted by molar-refractivity contribution is -0.139. The van der Waals surface area contributed by atoms with Crippen LogP contribution in [-0.2, 0) is 31.6 Å². The van der Waals surface area contributed by atoms with Gasteiger partial charge in [0.15, 0.2) is 0 Å². The average molecular weight is 610 g/mol. The molecule has 0 aliphatic heterocycles. The fourth-order valence-electron chi connectivity index (χ4n) is 8.11. The quantitative estimate of drug-likeness (QED) is 0.313. The number of amides is 2. The van der Waals surface area contributed by atoms with E-state index in [1.807, 2.05) is 31.2 Å². The first-order chi connectivity index (χ1) is 20.5. The van der Waals surface area contributed by atoms with E-state index in [-0.39, 0.29) is 17.9 Å². The number of anilines is 1. The summed E-state index contributed by atoms with van der Waals surface area (Å²) in [5, 5.41) is 2.91. The van der Waals surface area contributed by atoms with Crippen LogP contribution in [0.5, 0.6) is 5.75 Å². The van der Waals surface area contributed by atoms with Crippen molar-refractivity contribution in [3.63, 3.8) is 0 Å². The number of nitrogens with one attached hydrogen (secondary N) is 1. The van der Waals surface area contributed by atoms with Crippen LogP contribution in [0.2, 0.25) is 0 Å². The number of nitrogens with zero attached hydrogens (tertiary/aromatic N) is 2. The monoisotopic (exact) mass is 609 g/mol. The number of hydrogen-bond acceptors (Lipinski definition) is 5. The van der Waals surface area contributed by atoms with E-state index in [1.54, 1.807) is 26.2 Å². The highest BCUT2D eigenvalue weighted by molar-refractivity contribution is 7.92. The third kappa shape index (κ3) is 7.03. The Morgan fingerprint density at radius 2 is 1.56 bits per heavy atom. The smallest absolute Gasteiger partial charge is 0.244 e. The van der Waals surface area contributed by atoms with Gasteiger partial charge in [0.1, 0.15) is 18.3 Å².